The average Bonchev–Trinajstić information content (AvgIpc) is 3.02. The lowest BCUT2D eigenvalue weighted by molar-refractivity contribution is -0.132. The van der Waals surface area contributed by atoms with Gasteiger partial charge in [0.2, 0.25) is 0 Å². The Kier molecular flexibility index (Phi) is 4.67. The Labute approximate surface area is 146 Å². The van der Waals surface area contributed by atoms with Crippen LogP contribution in [0.2, 0.25) is 0 Å². The van der Waals surface area contributed by atoms with Crippen LogP contribution in [0.3, 0.4) is 0 Å². The molecule has 1 N–H and O–H groups in total. The summed E-state index contributed by atoms with van der Waals surface area (Å²) in [6.07, 6.45) is 5.70. The summed E-state index contributed by atoms with van der Waals surface area (Å²) in [6.45, 7) is 3.03. The number of carboxylic acid groups (broad SMARTS) is 1. The first kappa shape index (κ1) is 16.5. The molecular weight excluding hydrogens is 312 g/mol. The van der Waals surface area contributed by atoms with Gasteiger partial charge in [0.05, 0.1) is 0 Å². The van der Waals surface area contributed by atoms with Crippen molar-refractivity contribution in [2.75, 3.05) is 11.4 Å². The van der Waals surface area contributed by atoms with Crippen LogP contribution in [-0.4, -0.2) is 17.6 Å². The molecule has 1 heterocycles. The van der Waals surface area contributed by atoms with Crippen LogP contribution >= 0.6 is 0 Å². The number of nitrogens with zero attached hydrogens (tertiary/aromatic N) is 2. The van der Waals surface area contributed by atoms with E-state index in [-0.39, 0.29) is 5.57 Å². The molecule has 0 atom stereocenters. The highest BCUT2D eigenvalue weighted by Gasteiger charge is 2.20. The van der Waals surface area contributed by atoms with Gasteiger partial charge in [0.1, 0.15) is 11.6 Å². The fourth-order valence-corrected chi connectivity index (χ4v) is 2.93. The molecule has 0 radical (unpaired) electrons. The zero-order valence-corrected chi connectivity index (χ0v) is 13.9. The van der Waals surface area contributed by atoms with Gasteiger partial charge in [0, 0.05) is 17.9 Å². The van der Waals surface area contributed by atoms with Gasteiger partial charge in [-0.05, 0) is 54.8 Å². The fraction of sp³-hybridized carbons (Fsp3) is 0.143. The lowest BCUT2D eigenvalue weighted by Crippen LogP contribution is -2.12. The normalized spacial score (nSPS) is 13.8. The van der Waals surface area contributed by atoms with E-state index < -0.39 is 5.97 Å². The first-order valence-electron chi connectivity index (χ1n) is 8.07. The average molecular weight is 330 g/mol. The number of rotatable bonds is 4. The Bertz CT molecular complexity index is 902. The first-order valence-corrected chi connectivity index (χ1v) is 8.07. The Morgan fingerprint density at radius 3 is 2.68 bits per heavy atom. The van der Waals surface area contributed by atoms with Crippen LogP contribution in [0.1, 0.15) is 16.7 Å². The van der Waals surface area contributed by atoms with Crippen molar-refractivity contribution in [3.63, 3.8) is 0 Å². The van der Waals surface area contributed by atoms with E-state index in [2.05, 4.69) is 48.2 Å². The highest BCUT2D eigenvalue weighted by molar-refractivity contribution is 5.91. The van der Waals surface area contributed by atoms with Crippen LogP contribution in [0, 0.1) is 18.3 Å². The first-order chi connectivity index (χ1) is 12.1. The van der Waals surface area contributed by atoms with Gasteiger partial charge in [0.25, 0.3) is 0 Å². The van der Waals surface area contributed by atoms with Crippen molar-refractivity contribution < 1.29 is 9.90 Å². The number of allylic oxidation sites excluding steroid dienone is 2. The standard InChI is InChI=1S/C21H18N2O2/c1-15-5-8-19(9-6-15)23-12-11-17-13-16(7-10-20(17)23)3-2-4-18(14-22)21(24)25/h2-10,13H,11-12H2,1H3,(H,24,25). The second kappa shape index (κ2) is 7.06. The van der Waals surface area contributed by atoms with E-state index in [0.29, 0.717) is 0 Å². The van der Waals surface area contributed by atoms with Crippen molar-refractivity contribution in [2.45, 2.75) is 13.3 Å². The lowest BCUT2D eigenvalue weighted by atomic mass is 10.1. The van der Waals surface area contributed by atoms with Gasteiger partial charge < -0.3 is 10.0 Å². The number of hydrogen-bond acceptors (Lipinski definition) is 3. The summed E-state index contributed by atoms with van der Waals surface area (Å²) in [5.74, 6) is -1.21. The third-order valence-corrected chi connectivity index (χ3v) is 4.25. The largest absolute Gasteiger partial charge is 0.477 e. The van der Waals surface area contributed by atoms with E-state index in [4.69, 9.17) is 10.4 Å². The molecule has 124 valence electrons. The summed E-state index contributed by atoms with van der Waals surface area (Å²) in [4.78, 5) is 13.1. The second-order valence-corrected chi connectivity index (χ2v) is 5.98. The van der Waals surface area contributed by atoms with Crippen molar-refractivity contribution in [2.24, 2.45) is 0 Å². The molecule has 2 aromatic carbocycles. The van der Waals surface area contributed by atoms with Gasteiger partial charge in [0.15, 0.2) is 0 Å². The van der Waals surface area contributed by atoms with E-state index in [0.717, 1.165) is 18.5 Å². The maximum Gasteiger partial charge on any atom is 0.346 e. The van der Waals surface area contributed by atoms with Crippen molar-refractivity contribution in [3.05, 3.63) is 76.9 Å². The predicted octanol–water partition coefficient (Wildman–Crippen LogP) is 4.24. The van der Waals surface area contributed by atoms with Crippen LogP contribution in [0.15, 0.2) is 60.2 Å². The maximum atomic E-state index is 10.8. The predicted molar refractivity (Wildman–Crippen MR) is 98.7 cm³/mol. The van der Waals surface area contributed by atoms with Crippen LogP contribution in [0.4, 0.5) is 11.4 Å². The number of nitriles is 1. The molecule has 1 aliphatic heterocycles. The van der Waals surface area contributed by atoms with Gasteiger partial charge >= 0.3 is 5.97 Å². The minimum atomic E-state index is -1.21. The molecule has 4 heteroatoms. The van der Waals surface area contributed by atoms with Crippen LogP contribution in [0.25, 0.3) is 6.08 Å². The van der Waals surface area contributed by atoms with E-state index >= 15 is 0 Å². The van der Waals surface area contributed by atoms with Crippen molar-refractivity contribution in [3.8, 4) is 6.07 Å². The zero-order chi connectivity index (χ0) is 17.8. The van der Waals surface area contributed by atoms with Crippen LogP contribution < -0.4 is 4.90 Å². The number of hydrogen-bond donors (Lipinski definition) is 1. The monoisotopic (exact) mass is 330 g/mol. The summed E-state index contributed by atoms with van der Waals surface area (Å²) < 4.78 is 0. The molecule has 0 aromatic heterocycles. The summed E-state index contributed by atoms with van der Waals surface area (Å²) in [6, 6.07) is 16.4. The zero-order valence-electron chi connectivity index (χ0n) is 13.9. The molecule has 0 spiro atoms. The molecule has 4 nitrogen and oxygen atoms in total. The third kappa shape index (κ3) is 3.61. The molecule has 0 saturated carbocycles. The molecule has 0 amide bonds. The number of fused-ring (bicyclic) bond motifs is 1. The molecule has 2 aromatic rings. The van der Waals surface area contributed by atoms with Gasteiger partial charge in [-0.1, -0.05) is 35.9 Å². The maximum absolute atomic E-state index is 10.8. The number of anilines is 2. The van der Waals surface area contributed by atoms with Gasteiger partial charge in [-0.25, -0.2) is 4.79 Å². The minimum Gasteiger partial charge on any atom is -0.477 e. The molecule has 1 aliphatic rings. The molecule has 0 fully saturated rings. The molecule has 3 rings (SSSR count). The number of aryl methyl sites for hydroxylation is 1. The van der Waals surface area contributed by atoms with Crippen molar-refractivity contribution >= 4 is 23.4 Å². The third-order valence-electron chi connectivity index (χ3n) is 4.25. The molecule has 0 aliphatic carbocycles. The van der Waals surface area contributed by atoms with Gasteiger partial charge in [-0.3, -0.25) is 0 Å². The van der Waals surface area contributed by atoms with Crippen molar-refractivity contribution in [1.29, 1.82) is 5.26 Å². The smallest absolute Gasteiger partial charge is 0.346 e. The van der Waals surface area contributed by atoms with E-state index in [1.54, 1.807) is 12.1 Å². The lowest BCUT2D eigenvalue weighted by Gasteiger charge is -2.19. The molecule has 0 bridgehead atoms. The van der Waals surface area contributed by atoms with Crippen LogP contribution in [-0.2, 0) is 11.2 Å². The minimum absolute atomic E-state index is 0.275. The number of carboxylic acids is 1. The van der Waals surface area contributed by atoms with E-state index in [1.165, 1.54) is 28.6 Å². The van der Waals surface area contributed by atoms with E-state index in [1.807, 2.05) is 12.1 Å². The summed E-state index contributed by atoms with van der Waals surface area (Å²) in [5, 5.41) is 17.6. The Morgan fingerprint density at radius 1 is 1.24 bits per heavy atom. The van der Waals surface area contributed by atoms with E-state index in [9.17, 15) is 4.79 Å². The summed E-state index contributed by atoms with van der Waals surface area (Å²) in [5.41, 5.74) is 5.63. The highest BCUT2D eigenvalue weighted by Crippen LogP contribution is 2.35. The van der Waals surface area contributed by atoms with Crippen molar-refractivity contribution in [1.82, 2.24) is 0 Å². The topological polar surface area (TPSA) is 64.3 Å². The second-order valence-electron chi connectivity index (χ2n) is 5.98. The number of carbonyl (C=O) groups is 1. The quantitative estimate of drug-likeness (QED) is 0.517. The summed E-state index contributed by atoms with van der Waals surface area (Å²) >= 11 is 0. The molecular formula is C21H18N2O2. The molecule has 0 saturated heterocycles. The van der Waals surface area contributed by atoms with Gasteiger partial charge in [-0.15, -0.1) is 0 Å². The van der Waals surface area contributed by atoms with Crippen LogP contribution in [0.5, 0.6) is 0 Å². The Morgan fingerprint density at radius 2 is 2.00 bits per heavy atom. The number of benzene rings is 2. The number of aliphatic carboxylic acids is 1. The fourth-order valence-electron chi connectivity index (χ4n) is 2.93. The molecule has 25 heavy (non-hydrogen) atoms. The Hall–Kier alpha value is -3.32. The molecule has 0 unspecified atom stereocenters. The SMILES string of the molecule is Cc1ccc(N2CCc3cc(C=CC=C(C#N)C(=O)O)ccc32)cc1. The summed E-state index contributed by atoms with van der Waals surface area (Å²) in [7, 11) is 0. The highest BCUT2D eigenvalue weighted by atomic mass is 16.4. The van der Waals surface area contributed by atoms with Gasteiger partial charge in [-0.2, -0.15) is 5.26 Å². The Balaban J connectivity index is 1.81.